The van der Waals surface area contributed by atoms with Crippen molar-refractivity contribution in [3.63, 3.8) is 0 Å². The molecule has 2 heterocycles. The molecule has 3 N–H and O–H groups in total. The average molecular weight is 467 g/mol. The number of aromatic nitrogens is 2. The van der Waals surface area contributed by atoms with Gasteiger partial charge in [-0.2, -0.15) is 0 Å². The number of para-hydroxylation sites is 1. The summed E-state index contributed by atoms with van der Waals surface area (Å²) in [6.07, 6.45) is 8.63. The predicted molar refractivity (Wildman–Crippen MR) is 137 cm³/mol. The van der Waals surface area contributed by atoms with E-state index in [4.69, 9.17) is 10.5 Å². The van der Waals surface area contributed by atoms with E-state index in [1.807, 2.05) is 27.0 Å². The molecular formula is C27H38N4O3. The minimum atomic E-state index is -0.824. The van der Waals surface area contributed by atoms with Gasteiger partial charge in [0, 0.05) is 32.9 Å². The number of hydrogen-bond donors (Lipinski definition) is 2. The number of aryl methyl sites for hydroxylation is 2. The lowest BCUT2D eigenvalue weighted by molar-refractivity contribution is -0.120. The third kappa shape index (κ3) is 5.84. The molecule has 1 aromatic heterocycles. The van der Waals surface area contributed by atoms with Crippen LogP contribution in [-0.4, -0.2) is 33.5 Å². The minimum absolute atomic E-state index is 0. The number of benzene rings is 2. The van der Waals surface area contributed by atoms with E-state index in [0.717, 1.165) is 6.42 Å². The van der Waals surface area contributed by atoms with Gasteiger partial charge < -0.3 is 20.4 Å². The van der Waals surface area contributed by atoms with Crippen LogP contribution in [0.1, 0.15) is 64.6 Å². The summed E-state index contributed by atoms with van der Waals surface area (Å²) in [5.41, 5.74) is 7.65. The zero-order chi connectivity index (χ0) is 24.6. The van der Waals surface area contributed by atoms with E-state index in [2.05, 4.69) is 45.3 Å². The van der Waals surface area contributed by atoms with E-state index in [-0.39, 0.29) is 8.76 Å². The summed E-state index contributed by atoms with van der Waals surface area (Å²) >= 11 is 0. The summed E-state index contributed by atoms with van der Waals surface area (Å²) in [5.74, 6) is 1.15. The number of rotatable bonds is 5. The topological polar surface area (TPSA) is 99.2 Å². The standard InChI is InChI=1S/C13H16N2O3.C12H12N2.C2H6.2H2/c1-2-18-10-5-3-9(4-6-10)11(16)15-13(7-8-13)12(14)17;1-2-6-11-10(4-1)5-3-7-12-13-8-9-14(11)12;1-2;;/h3-6H,2,7-8H2,1H3,(H2,14,17)(H,15,16);1-2,4,6,8-9H,3,5,7H2;1-2H3;2*1H. The maximum atomic E-state index is 11.9. The number of carbonyl (C=O) groups is 2. The molecule has 1 aliphatic heterocycles. The summed E-state index contributed by atoms with van der Waals surface area (Å²) < 4.78 is 7.50. The van der Waals surface area contributed by atoms with Gasteiger partial charge in [-0.05, 0) is 68.5 Å². The van der Waals surface area contributed by atoms with Gasteiger partial charge in [0.1, 0.15) is 17.1 Å². The van der Waals surface area contributed by atoms with Crippen LogP contribution in [0.15, 0.2) is 60.9 Å². The molecule has 34 heavy (non-hydrogen) atoms. The van der Waals surface area contributed by atoms with Crippen LogP contribution in [0.2, 0.25) is 0 Å². The van der Waals surface area contributed by atoms with Crippen molar-refractivity contribution in [1.82, 2.24) is 14.9 Å². The number of imidazole rings is 1. The Labute approximate surface area is 204 Å². The summed E-state index contributed by atoms with van der Waals surface area (Å²) in [4.78, 5) is 27.5. The Morgan fingerprint density at radius 3 is 2.47 bits per heavy atom. The molecule has 0 atom stereocenters. The molecule has 1 aliphatic carbocycles. The highest BCUT2D eigenvalue weighted by Crippen LogP contribution is 2.35. The molecule has 0 saturated heterocycles. The highest BCUT2D eigenvalue weighted by Gasteiger charge is 2.49. The smallest absolute Gasteiger partial charge is 0.252 e. The van der Waals surface area contributed by atoms with Crippen LogP contribution >= 0.6 is 0 Å². The third-order valence-electron chi connectivity index (χ3n) is 5.82. The van der Waals surface area contributed by atoms with Crippen molar-refractivity contribution in [1.29, 1.82) is 0 Å². The van der Waals surface area contributed by atoms with Crippen LogP contribution in [0.5, 0.6) is 5.75 Å². The number of nitrogens with two attached hydrogens (primary N) is 1. The fraction of sp³-hybridized carbons (Fsp3) is 0.370. The SMILES string of the molecule is CC.CCOc1ccc(C(=O)NC2(C(N)=O)CC2)cc1.[HH].[HH].c1ccc2c(c1)CCCc1nccn1-2. The van der Waals surface area contributed by atoms with Crippen LogP contribution in [0.4, 0.5) is 0 Å². The van der Waals surface area contributed by atoms with Crippen molar-refractivity contribution in [2.45, 2.75) is 58.4 Å². The lowest BCUT2D eigenvalue weighted by atomic mass is 10.1. The Morgan fingerprint density at radius 1 is 1.12 bits per heavy atom. The summed E-state index contributed by atoms with van der Waals surface area (Å²) in [6.45, 7) is 6.47. The molecule has 2 amide bonds. The molecular weight excluding hydrogens is 428 g/mol. The van der Waals surface area contributed by atoms with Crippen LogP contribution in [0.25, 0.3) is 5.69 Å². The minimum Gasteiger partial charge on any atom is -0.494 e. The van der Waals surface area contributed by atoms with Crippen molar-refractivity contribution in [2.75, 3.05) is 6.61 Å². The molecule has 7 nitrogen and oxygen atoms in total. The summed E-state index contributed by atoms with van der Waals surface area (Å²) in [6, 6.07) is 15.4. The number of ether oxygens (including phenoxy) is 1. The zero-order valence-electron chi connectivity index (χ0n) is 20.2. The highest BCUT2D eigenvalue weighted by molar-refractivity contribution is 6.00. The van der Waals surface area contributed by atoms with Gasteiger partial charge in [-0.1, -0.05) is 32.0 Å². The number of nitrogens with one attached hydrogen (secondary N) is 1. The molecule has 0 unspecified atom stereocenters. The second kappa shape index (κ2) is 11.5. The number of carbonyl (C=O) groups excluding carboxylic acids is 2. The van der Waals surface area contributed by atoms with E-state index >= 15 is 0 Å². The highest BCUT2D eigenvalue weighted by atomic mass is 16.5. The first kappa shape index (κ1) is 25.0. The first-order valence-corrected chi connectivity index (χ1v) is 12.0. The lowest BCUT2D eigenvalue weighted by Gasteiger charge is -2.13. The first-order valence-electron chi connectivity index (χ1n) is 12.0. The largest absolute Gasteiger partial charge is 0.494 e. The van der Waals surface area contributed by atoms with E-state index in [0.29, 0.717) is 30.8 Å². The Hall–Kier alpha value is -3.61. The molecule has 0 spiro atoms. The van der Waals surface area contributed by atoms with Crippen LogP contribution in [0.3, 0.4) is 0 Å². The molecule has 0 radical (unpaired) electrons. The number of fused-ring (bicyclic) bond motifs is 3. The maximum Gasteiger partial charge on any atom is 0.252 e. The lowest BCUT2D eigenvalue weighted by Crippen LogP contribution is -2.46. The average Bonchev–Trinajstić information content (AvgIpc) is 3.55. The second-order valence-electron chi connectivity index (χ2n) is 8.05. The molecule has 1 saturated carbocycles. The number of nitrogens with zero attached hydrogens (tertiary/aromatic N) is 2. The van der Waals surface area contributed by atoms with Crippen LogP contribution < -0.4 is 15.8 Å². The van der Waals surface area contributed by atoms with Gasteiger partial charge in [-0.3, -0.25) is 9.59 Å². The second-order valence-corrected chi connectivity index (χ2v) is 8.05. The Balaban J connectivity index is 0.000000326. The molecule has 1 fully saturated rings. The van der Waals surface area contributed by atoms with Gasteiger partial charge in [-0.25, -0.2) is 4.98 Å². The number of amides is 2. The van der Waals surface area contributed by atoms with Gasteiger partial charge in [0.15, 0.2) is 0 Å². The van der Waals surface area contributed by atoms with Crippen molar-refractivity contribution >= 4 is 11.8 Å². The van der Waals surface area contributed by atoms with E-state index < -0.39 is 11.4 Å². The van der Waals surface area contributed by atoms with Gasteiger partial charge in [-0.15, -0.1) is 0 Å². The molecule has 5 rings (SSSR count). The first-order chi connectivity index (χ1) is 16.5. The molecule has 2 aromatic carbocycles. The van der Waals surface area contributed by atoms with E-state index in [1.54, 1.807) is 24.3 Å². The van der Waals surface area contributed by atoms with Gasteiger partial charge in [0.2, 0.25) is 5.91 Å². The fourth-order valence-corrected chi connectivity index (χ4v) is 3.85. The number of primary amides is 1. The maximum absolute atomic E-state index is 11.9. The Kier molecular flexibility index (Phi) is 8.46. The zero-order valence-corrected chi connectivity index (χ0v) is 20.2. The summed E-state index contributed by atoms with van der Waals surface area (Å²) in [7, 11) is 0. The third-order valence-corrected chi connectivity index (χ3v) is 5.82. The molecule has 184 valence electrons. The van der Waals surface area contributed by atoms with Crippen molar-refractivity contribution in [3.8, 4) is 11.4 Å². The van der Waals surface area contributed by atoms with Crippen molar-refractivity contribution in [3.05, 3.63) is 77.9 Å². The van der Waals surface area contributed by atoms with Crippen LogP contribution in [-0.2, 0) is 17.6 Å². The van der Waals surface area contributed by atoms with E-state index in [1.165, 1.54) is 29.9 Å². The van der Waals surface area contributed by atoms with Crippen molar-refractivity contribution < 1.29 is 17.2 Å². The normalized spacial score (nSPS) is 14.4. The van der Waals surface area contributed by atoms with Crippen LogP contribution in [0, 0.1) is 0 Å². The van der Waals surface area contributed by atoms with Gasteiger partial charge in [0.05, 0.1) is 6.61 Å². The van der Waals surface area contributed by atoms with Crippen molar-refractivity contribution in [2.24, 2.45) is 5.73 Å². The van der Waals surface area contributed by atoms with Gasteiger partial charge in [0.25, 0.3) is 5.91 Å². The molecule has 0 bridgehead atoms. The molecule has 2 aliphatic rings. The summed E-state index contributed by atoms with van der Waals surface area (Å²) in [5, 5.41) is 2.68. The van der Waals surface area contributed by atoms with E-state index in [9.17, 15) is 9.59 Å². The molecule has 3 aromatic rings. The molecule has 7 heteroatoms. The van der Waals surface area contributed by atoms with Gasteiger partial charge >= 0.3 is 0 Å². The Bertz CT molecular complexity index is 1110. The quantitative estimate of drug-likeness (QED) is 0.569. The number of hydrogen-bond acceptors (Lipinski definition) is 4. The predicted octanol–water partition coefficient (Wildman–Crippen LogP) is 4.71. The monoisotopic (exact) mass is 466 g/mol. The Morgan fingerprint density at radius 2 is 1.82 bits per heavy atom. The fourth-order valence-electron chi connectivity index (χ4n) is 3.85.